The molecule has 1 saturated heterocycles. The number of aliphatic hydroxyl groups is 1. The van der Waals surface area contributed by atoms with Crippen molar-refractivity contribution in [1.29, 1.82) is 0 Å². The highest BCUT2D eigenvalue weighted by molar-refractivity contribution is 5.94. The number of fused-ring (bicyclic) bond motifs is 2. The van der Waals surface area contributed by atoms with Gasteiger partial charge >= 0.3 is 0 Å². The van der Waals surface area contributed by atoms with Gasteiger partial charge in [0.1, 0.15) is 12.6 Å². The van der Waals surface area contributed by atoms with Gasteiger partial charge in [-0.2, -0.15) is 0 Å². The standard InChI is InChI=1S/C25H27N2O2.HI/c1-26-13-4-7-22(17-26)24(28)27-14-11-20-10-12-25(29,23(20)27)16-18-8-9-19-5-2-3-6-21(19)15-18;/h2-9,13,15,17,20,23,29H,10-12,14,16H2,1H3;1H/q+1;/p-1/t20-,23+,25+;/m1./s1. The number of amides is 1. The van der Waals surface area contributed by atoms with Gasteiger partial charge < -0.3 is 34.0 Å². The molecule has 2 aromatic carbocycles. The predicted molar refractivity (Wildman–Crippen MR) is 112 cm³/mol. The van der Waals surface area contributed by atoms with Crippen molar-refractivity contribution in [1.82, 2.24) is 4.90 Å². The first kappa shape index (κ1) is 21.2. The molecule has 1 aromatic heterocycles. The van der Waals surface area contributed by atoms with E-state index >= 15 is 0 Å². The molecular weight excluding hydrogens is 487 g/mol. The number of benzene rings is 2. The molecule has 156 valence electrons. The predicted octanol–water partition coefficient (Wildman–Crippen LogP) is 0.267. The van der Waals surface area contributed by atoms with Crippen LogP contribution in [0.1, 0.15) is 35.2 Å². The number of pyridine rings is 1. The first-order valence-corrected chi connectivity index (χ1v) is 10.5. The molecule has 5 heteroatoms. The lowest BCUT2D eigenvalue weighted by atomic mass is 9.86. The summed E-state index contributed by atoms with van der Waals surface area (Å²) in [5.41, 5.74) is 0.962. The summed E-state index contributed by atoms with van der Waals surface area (Å²) in [6.45, 7) is 0.729. The maximum atomic E-state index is 13.3. The molecule has 4 nitrogen and oxygen atoms in total. The molecule has 1 N–H and O–H groups in total. The van der Waals surface area contributed by atoms with Crippen LogP contribution in [0.15, 0.2) is 67.0 Å². The molecule has 0 unspecified atom stereocenters. The van der Waals surface area contributed by atoms with Crippen LogP contribution in [0.2, 0.25) is 0 Å². The summed E-state index contributed by atoms with van der Waals surface area (Å²) in [5, 5.41) is 14.1. The molecule has 3 aromatic rings. The lowest BCUT2D eigenvalue weighted by molar-refractivity contribution is -0.671. The molecule has 3 atom stereocenters. The van der Waals surface area contributed by atoms with Gasteiger partial charge in [0.05, 0.1) is 11.6 Å². The van der Waals surface area contributed by atoms with Crippen molar-refractivity contribution in [2.45, 2.75) is 37.3 Å². The minimum absolute atomic E-state index is 0. The van der Waals surface area contributed by atoms with Crippen LogP contribution in [0.5, 0.6) is 0 Å². The molecule has 5 rings (SSSR count). The van der Waals surface area contributed by atoms with Crippen LogP contribution in [-0.2, 0) is 13.5 Å². The third kappa shape index (κ3) is 3.73. The number of carbonyl (C=O) groups excluding carboxylic acids is 1. The minimum Gasteiger partial charge on any atom is -1.00 e. The van der Waals surface area contributed by atoms with Crippen LogP contribution >= 0.6 is 0 Å². The van der Waals surface area contributed by atoms with E-state index < -0.39 is 5.60 Å². The molecule has 2 aliphatic rings. The molecule has 30 heavy (non-hydrogen) atoms. The number of nitrogens with zero attached hydrogens (tertiary/aromatic N) is 2. The Morgan fingerprint density at radius 3 is 2.73 bits per heavy atom. The van der Waals surface area contributed by atoms with Crippen LogP contribution in [-0.4, -0.2) is 34.1 Å². The van der Waals surface area contributed by atoms with Crippen LogP contribution in [0, 0.1) is 5.92 Å². The van der Waals surface area contributed by atoms with Crippen molar-refractivity contribution in [3.05, 3.63) is 78.1 Å². The van der Waals surface area contributed by atoms with Crippen molar-refractivity contribution >= 4 is 16.7 Å². The van der Waals surface area contributed by atoms with Crippen molar-refractivity contribution in [2.75, 3.05) is 6.54 Å². The molecule has 0 bridgehead atoms. The van der Waals surface area contributed by atoms with E-state index in [9.17, 15) is 9.90 Å². The Morgan fingerprint density at radius 2 is 1.93 bits per heavy atom. The van der Waals surface area contributed by atoms with E-state index in [1.165, 1.54) is 10.8 Å². The third-order valence-electron chi connectivity index (χ3n) is 6.79. The summed E-state index contributed by atoms with van der Waals surface area (Å²) in [5.74, 6) is 0.425. The maximum absolute atomic E-state index is 13.3. The average molecular weight is 514 g/mol. The zero-order valence-corrected chi connectivity index (χ0v) is 19.3. The third-order valence-corrected chi connectivity index (χ3v) is 6.79. The number of hydrogen-bond donors (Lipinski definition) is 1. The Kier molecular flexibility index (Phi) is 5.86. The largest absolute Gasteiger partial charge is 1.00 e. The van der Waals surface area contributed by atoms with Gasteiger partial charge in [-0.25, -0.2) is 4.57 Å². The summed E-state index contributed by atoms with van der Waals surface area (Å²) in [6.07, 6.45) is 7.10. The highest BCUT2D eigenvalue weighted by Gasteiger charge is 2.54. The zero-order chi connectivity index (χ0) is 20.0. The topological polar surface area (TPSA) is 44.4 Å². The first-order chi connectivity index (χ1) is 14.0. The van der Waals surface area contributed by atoms with E-state index in [1.807, 2.05) is 53.2 Å². The monoisotopic (exact) mass is 514 g/mol. The Hall–Kier alpha value is -1.99. The van der Waals surface area contributed by atoms with Crippen LogP contribution in [0.25, 0.3) is 10.8 Å². The van der Waals surface area contributed by atoms with Gasteiger partial charge in [-0.1, -0.05) is 42.5 Å². The minimum atomic E-state index is -0.865. The molecule has 2 fully saturated rings. The molecule has 2 heterocycles. The summed E-state index contributed by atoms with van der Waals surface area (Å²) in [7, 11) is 1.93. The highest BCUT2D eigenvalue weighted by atomic mass is 127. The second kappa shape index (κ2) is 8.27. The molecular formula is C25H27IN2O2. The fraction of sp³-hybridized carbons (Fsp3) is 0.360. The van der Waals surface area contributed by atoms with Gasteiger partial charge in [0, 0.05) is 19.0 Å². The van der Waals surface area contributed by atoms with Crippen molar-refractivity contribution in [2.24, 2.45) is 13.0 Å². The van der Waals surface area contributed by atoms with Crippen LogP contribution in [0.3, 0.4) is 0 Å². The molecule has 0 radical (unpaired) electrons. The highest BCUT2D eigenvalue weighted by Crippen LogP contribution is 2.46. The molecule has 1 aliphatic carbocycles. The summed E-state index contributed by atoms with van der Waals surface area (Å²) in [6, 6.07) is 18.4. The lowest BCUT2D eigenvalue weighted by Crippen LogP contribution is -3.00. The second-order valence-electron chi connectivity index (χ2n) is 8.75. The molecule has 1 amide bonds. The fourth-order valence-corrected chi connectivity index (χ4v) is 5.47. The Labute approximate surface area is 194 Å². The number of halogens is 1. The van der Waals surface area contributed by atoms with E-state index in [1.54, 1.807) is 0 Å². The van der Waals surface area contributed by atoms with Crippen LogP contribution < -0.4 is 28.5 Å². The number of carbonyl (C=O) groups is 1. The van der Waals surface area contributed by atoms with Gasteiger partial charge in [0.2, 0.25) is 0 Å². The fourth-order valence-electron chi connectivity index (χ4n) is 5.47. The number of rotatable bonds is 3. The number of aromatic nitrogens is 1. The van der Waals surface area contributed by atoms with Gasteiger partial charge in [0.15, 0.2) is 12.4 Å². The van der Waals surface area contributed by atoms with E-state index in [-0.39, 0.29) is 35.9 Å². The van der Waals surface area contributed by atoms with E-state index in [0.717, 1.165) is 31.4 Å². The Morgan fingerprint density at radius 1 is 1.13 bits per heavy atom. The Balaban J connectivity index is 0.00000218. The first-order valence-electron chi connectivity index (χ1n) is 10.5. The van der Waals surface area contributed by atoms with E-state index in [2.05, 4.69) is 30.3 Å². The molecule has 1 saturated carbocycles. The van der Waals surface area contributed by atoms with Crippen molar-refractivity contribution in [3.8, 4) is 0 Å². The second-order valence-corrected chi connectivity index (χ2v) is 8.75. The molecule has 1 aliphatic heterocycles. The SMILES string of the molecule is C[n+]1cccc(C(=O)N2CC[C@H]3CC[C@](O)(Cc4ccc5ccccc5c4)[C@H]32)c1.[I-]. The van der Waals surface area contributed by atoms with Gasteiger partial charge in [-0.15, -0.1) is 0 Å². The lowest BCUT2D eigenvalue weighted by Gasteiger charge is -2.36. The van der Waals surface area contributed by atoms with Gasteiger partial charge in [-0.05, 0) is 47.6 Å². The smallest absolute Gasteiger partial charge is 0.260 e. The molecule has 0 spiro atoms. The summed E-state index contributed by atoms with van der Waals surface area (Å²) < 4.78 is 1.90. The summed E-state index contributed by atoms with van der Waals surface area (Å²) >= 11 is 0. The van der Waals surface area contributed by atoms with Gasteiger partial charge in [-0.3, -0.25) is 4.79 Å². The van der Waals surface area contributed by atoms with Gasteiger partial charge in [0.25, 0.3) is 5.91 Å². The number of aryl methyl sites for hydroxylation is 1. The summed E-state index contributed by atoms with van der Waals surface area (Å²) in [4.78, 5) is 15.2. The number of likely N-dealkylation sites (tertiary alicyclic amines) is 1. The normalized spacial score (nSPS) is 25.2. The quantitative estimate of drug-likeness (QED) is 0.403. The van der Waals surface area contributed by atoms with Crippen molar-refractivity contribution < 1.29 is 38.4 Å². The zero-order valence-electron chi connectivity index (χ0n) is 17.2. The van der Waals surface area contributed by atoms with Crippen molar-refractivity contribution in [3.63, 3.8) is 0 Å². The van der Waals surface area contributed by atoms with Crippen LogP contribution in [0.4, 0.5) is 0 Å². The Bertz CT molecular complexity index is 1090. The number of hydrogen-bond acceptors (Lipinski definition) is 2. The van der Waals surface area contributed by atoms with E-state index in [4.69, 9.17) is 0 Å². The average Bonchev–Trinajstić information content (AvgIpc) is 3.29. The maximum Gasteiger partial charge on any atom is 0.260 e. The van der Waals surface area contributed by atoms with E-state index in [0.29, 0.717) is 17.9 Å².